The Morgan fingerprint density at radius 2 is 0.700 bits per heavy atom. The lowest BCUT2D eigenvalue weighted by Crippen LogP contribution is -2.46. The number of hydrogen-bond acceptors (Lipinski definition) is 16. The maximum absolute atomic E-state index is 15.8. The summed E-state index contributed by atoms with van der Waals surface area (Å²) < 4.78 is 73.7. The van der Waals surface area contributed by atoms with Crippen LogP contribution in [0.1, 0.15) is 477 Å². The second-order valence-corrected chi connectivity index (χ2v) is 53.9. The molecule has 0 unspecified atom stereocenters. The molecule has 10 atom stereocenters. The number of phenolic OH excluding ortho intramolecular Hbond substituents is 5. The number of benzene rings is 5. The van der Waals surface area contributed by atoms with Crippen molar-refractivity contribution in [3.8, 4) is 57.5 Å². The second kappa shape index (κ2) is 47.7. The van der Waals surface area contributed by atoms with Crippen molar-refractivity contribution < 1.29 is 102 Å². The van der Waals surface area contributed by atoms with Gasteiger partial charge in [-0.05, 0) is 314 Å². The predicted molar refractivity (Wildman–Crippen MR) is 597 cm³/mol. The smallest absolute Gasteiger partial charge is 0.331 e. The summed E-state index contributed by atoms with van der Waals surface area (Å²) >= 11 is 0. The number of hydrogen-bond donors (Lipinski definition) is 9. The average molecular weight is 2090 g/mol. The Morgan fingerprint density at radius 1 is 0.367 bits per heavy atom. The van der Waals surface area contributed by atoms with Crippen LogP contribution in [0.3, 0.4) is 0 Å². The van der Waals surface area contributed by atoms with Gasteiger partial charge < -0.3 is 69.6 Å². The number of carboxylic acids is 4. The molecule has 5 aliphatic heterocycles. The number of ether oxygens (including phenoxy) is 5. The van der Waals surface area contributed by atoms with Gasteiger partial charge in [-0.15, -0.1) is 0 Å². The first kappa shape index (κ1) is 119. The first-order valence-electron chi connectivity index (χ1n) is 56.9. The highest BCUT2D eigenvalue weighted by molar-refractivity contribution is 7.95. The van der Waals surface area contributed by atoms with E-state index in [-0.39, 0.29) is 122 Å². The molecular formula is C128H183FO20S. The third kappa shape index (κ3) is 27.6. The Balaban J connectivity index is 0.000000166. The molecule has 22 heteroatoms. The van der Waals surface area contributed by atoms with E-state index in [0.29, 0.717) is 113 Å². The number of fused-ring (bicyclic) bond motifs is 15. The van der Waals surface area contributed by atoms with Crippen molar-refractivity contribution in [2.75, 3.05) is 5.75 Å². The Kier molecular flexibility index (Phi) is 37.8. The third-order valence-electron chi connectivity index (χ3n) is 35.8. The largest absolute Gasteiger partial charge is 0.508 e. The van der Waals surface area contributed by atoms with Crippen LogP contribution < -0.4 is 23.7 Å². The monoisotopic (exact) mass is 2090 g/mol. The number of unbranched alkanes of at least 4 members (excludes halogenated alkanes) is 10. The van der Waals surface area contributed by atoms with Crippen LogP contribution in [0.15, 0.2) is 124 Å². The summed E-state index contributed by atoms with van der Waals surface area (Å²) in [5.41, 5.74) is 7.33. The Hall–Kier alpha value is -9.70. The zero-order valence-electron chi connectivity index (χ0n) is 95.3. The number of aromatic hydroxyl groups is 5. The number of aliphatic carboxylic acids is 4. The molecular weight excluding hydrogens is 1910 g/mol. The number of allylic oxidation sites excluding steroid dienone is 8. The van der Waals surface area contributed by atoms with Crippen molar-refractivity contribution in [3.05, 3.63) is 186 Å². The van der Waals surface area contributed by atoms with Crippen LogP contribution in [0.25, 0.3) is 0 Å². The van der Waals surface area contributed by atoms with Gasteiger partial charge in [0.15, 0.2) is 21.4 Å². The maximum atomic E-state index is 15.8. The van der Waals surface area contributed by atoms with Crippen molar-refractivity contribution in [2.24, 2.45) is 40.9 Å². The predicted octanol–water partition coefficient (Wildman–Crippen LogP) is 32.1. The SMILES string of the molecule is CCC/C=C\CC(C)(C)c1cc(O)c2c(c1)OC(C)(C)[C@@H]1CC=C(C(=O)O)C[C@@H]21.CCCC(C)(C)CCCc1cc(O)c2c(c1)OC(C)(C)[C@@H]1CC=C(C(=O)O)C[C@@H]21.CCCCCCC(C)(C)c1cc(O)c2c(c1)OC(C)(C)[C@@H]1CC=C(C(=O)O)C[C@@H]21.CCCCCCC(C)(C)c1cc(O)c2c(c1)OC(C)(C)[C@@H]1CC=C(S(=O)(=O)CC3CC3)C[C@@H]21.CCCCCCC(C)(C)c1cc(O)c2c(c1F)OC(C)(C)[C@@H]1CC=C(C(=O)O)C[C@@H]21. The zero-order valence-corrected chi connectivity index (χ0v) is 96.2. The van der Waals surface area contributed by atoms with Gasteiger partial charge >= 0.3 is 23.9 Å². The van der Waals surface area contributed by atoms with E-state index < -0.39 is 73.0 Å². The van der Waals surface area contributed by atoms with Gasteiger partial charge in [0.2, 0.25) is 0 Å². The Labute approximate surface area is 896 Å². The molecule has 0 bridgehead atoms. The fraction of sp³-hybridized carbons (Fsp3) is 0.641. The number of phenols is 5. The third-order valence-corrected chi connectivity index (χ3v) is 37.9. The van der Waals surface area contributed by atoms with E-state index >= 15 is 4.39 Å². The molecule has 0 saturated heterocycles. The van der Waals surface area contributed by atoms with Gasteiger partial charge in [0.25, 0.3) is 0 Å². The summed E-state index contributed by atoms with van der Waals surface area (Å²) in [5.74, 6) is 0.760. The highest BCUT2D eigenvalue weighted by Gasteiger charge is 2.55. The topological polar surface area (TPSA) is 331 Å². The molecule has 9 N–H and O–H groups in total. The molecule has 0 spiro atoms. The summed E-state index contributed by atoms with van der Waals surface area (Å²) in [7, 11) is -3.23. The Bertz CT molecular complexity index is 5990. The first-order valence-corrected chi connectivity index (χ1v) is 58.5. The van der Waals surface area contributed by atoms with Gasteiger partial charge in [-0.25, -0.2) is 32.0 Å². The maximum Gasteiger partial charge on any atom is 0.331 e. The summed E-state index contributed by atoms with van der Waals surface area (Å²) in [6.45, 7) is 53.4. The number of rotatable bonds is 36. The summed E-state index contributed by atoms with van der Waals surface area (Å²) in [5, 5.41) is 92.9. The fourth-order valence-electron chi connectivity index (χ4n) is 26.2. The zero-order chi connectivity index (χ0) is 110. The van der Waals surface area contributed by atoms with Gasteiger partial charge in [0, 0.05) is 120 Å². The van der Waals surface area contributed by atoms with E-state index in [1.165, 1.54) is 64.2 Å². The van der Waals surface area contributed by atoms with E-state index in [9.17, 15) is 73.6 Å². The van der Waals surface area contributed by atoms with Crippen LogP contribution in [0.2, 0.25) is 0 Å². The lowest BCUT2D eigenvalue weighted by molar-refractivity contribution is -0.134. The molecule has 20 nitrogen and oxygen atoms in total. The molecule has 5 heterocycles. The number of halogens is 1. The molecule has 11 aliphatic rings. The molecule has 6 aliphatic carbocycles. The van der Waals surface area contributed by atoms with Crippen LogP contribution >= 0.6 is 0 Å². The quantitative estimate of drug-likeness (QED) is 0.0133. The standard InChI is InChI=1S/C28H42O4S.C25H35FO4.2C25H36O4.C25H34O4/c1-6-7-8-9-14-27(2,3)20-15-24(29)26-22-17-21(33(30,31)18-19-10-11-19)12-13-23(22)28(4,5)32-25(26)16-20;1-6-7-8-9-12-24(2,3)18-14-19(27)20-16-13-15(23(28)29)10-11-17(16)25(4,5)30-22(20)21(18)26;1-6-11-24(2,3)12-7-8-16-13-20(26)22-18-15-17(23(27)28)9-10-19(18)25(4,5)29-21(22)14-16;2*1-6-7-8-9-12-24(2,3)17-14-20(26)22-18-13-16(23(27)28)10-11-19(18)25(4,5)29-21(22)15-17/h12,15-16,19,22-23,29H,6-11,13-14,17-18H2,1-5H3;10,14,16-17,27H,6-9,11-13H2,1-5H3,(H,28,29);9,13-14,18-19,26H,6-8,10-12,15H2,1-5H3,(H,27,28);10,14-15,18-19,26H,6-9,11-13H2,1-5H3,(H,27,28);8-10,14-15,18-19,26H,6-7,11-13H2,1-5H3,(H,27,28)/b;;;;9-8-/t22-,23-;16-,17-;3*18-,19-/m11111/s1. The highest BCUT2D eigenvalue weighted by atomic mass is 32.2. The van der Waals surface area contributed by atoms with Crippen molar-refractivity contribution in [2.45, 2.75) is 477 Å². The minimum atomic E-state index is -3.23. The molecule has 5 aromatic carbocycles. The van der Waals surface area contributed by atoms with Crippen LogP contribution in [-0.2, 0) is 57.1 Å². The van der Waals surface area contributed by atoms with Crippen LogP contribution in [0.5, 0.6) is 57.5 Å². The molecule has 0 radical (unpaired) electrons. The normalized spacial score (nSPS) is 23.2. The molecule has 16 rings (SSSR count). The molecule has 0 amide bonds. The minimum Gasteiger partial charge on any atom is -0.508 e. The van der Waals surface area contributed by atoms with Gasteiger partial charge in [-0.2, -0.15) is 0 Å². The molecule has 828 valence electrons. The molecule has 1 fully saturated rings. The number of carboxylic acid groups (broad SMARTS) is 4. The van der Waals surface area contributed by atoms with Crippen molar-refractivity contribution in [1.29, 1.82) is 0 Å². The van der Waals surface area contributed by atoms with Gasteiger partial charge in [-0.3, -0.25) is 0 Å². The van der Waals surface area contributed by atoms with Crippen molar-refractivity contribution in [3.63, 3.8) is 0 Å². The fourth-order valence-corrected chi connectivity index (χ4v) is 28.2. The van der Waals surface area contributed by atoms with Gasteiger partial charge in [0.05, 0.1) is 5.75 Å². The molecule has 150 heavy (non-hydrogen) atoms. The first-order chi connectivity index (χ1) is 70.1. The number of sulfone groups is 1. The van der Waals surface area contributed by atoms with Gasteiger partial charge in [-0.1, -0.05) is 236 Å². The number of carbonyl (C=O) groups is 4. The summed E-state index contributed by atoms with van der Waals surface area (Å²) in [6, 6.07) is 17.4. The van der Waals surface area contributed by atoms with Crippen LogP contribution in [0, 0.1) is 46.7 Å². The average Bonchev–Trinajstić information content (AvgIpc) is 0.970. The van der Waals surface area contributed by atoms with E-state index in [4.69, 9.17) is 23.7 Å². The molecule has 0 aromatic heterocycles. The van der Waals surface area contributed by atoms with Gasteiger partial charge in [0.1, 0.15) is 79.8 Å². The van der Waals surface area contributed by atoms with Crippen molar-refractivity contribution >= 4 is 33.7 Å². The minimum absolute atomic E-state index is 0.0140. The van der Waals surface area contributed by atoms with Crippen LogP contribution in [0.4, 0.5) is 4.39 Å². The lowest BCUT2D eigenvalue weighted by atomic mass is 9.66. The van der Waals surface area contributed by atoms with E-state index in [2.05, 4.69) is 182 Å². The molecule has 5 aromatic rings. The van der Waals surface area contributed by atoms with E-state index in [1.807, 2.05) is 76.3 Å². The Morgan fingerprint density at radius 3 is 1.06 bits per heavy atom. The highest BCUT2D eigenvalue weighted by Crippen LogP contribution is 2.63. The molecule has 1 saturated carbocycles. The lowest BCUT2D eigenvalue weighted by Gasteiger charge is -2.47. The second-order valence-electron chi connectivity index (χ2n) is 51.8. The van der Waals surface area contributed by atoms with Crippen molar-refractivity contribution in [1.82, 2.24) is 0 Å². The summed E-state index contributed by atoms with van der Waals surface area (Å²) in [6.07, 6.45) is 46.6. The van der Waals surface area contributed by atoms with Crippen LogP contribution in [-0.4, -0.2) is 112 Å². The van der Waals surface area contributed by atoms with E-state index in [0.717, 1.165) is 158 Å². The summed E-state index contributed by atoms with van der Waals surface area (Å²) in [4.78, 5) is 46.8. The number of aryl methyl sites for hydroxylation is 1. The van der Waals surface area contributed by atoms with E-state index in [1.54, 1.807) is 12.1 Å².